The van der Waals surface area contributed by atoms with Gasteiger partial charge in [0.1, 0.15) is 11.4 Å². The van der Waals surface area contributed by atoms with Gasteiger partial charge in [-0.2, -0.15) is 0 Å². The molecule has 34 heavy (non-hydrogen) atoms. The van der Waals surface area contributed by atoms with Crippen LogP contribution in [-0.4, -0.2) is 53.5 Å². The maximum absolute atomic E-state index is 13.7. The number of hydrogen-bond acceptors (Lipinski definition) is 4. The van der Waals surface area contributed by atoms with Gasteiger partial charge in [0.15, 0.2) is 5.54 Å². The lowest BCUT2D eigenvalue weighted by Crippen LogP contribution is -2.53. The molecule has 2 aromatic rings. The fourth-order valence-corrected chi connectivity index (χ4v) is 5.96. The molecule has 3 heterocycles. The summed E-state index contributed by atoms with van der Waals surface area (Å²) in [5.41, 5.74) is 0.338. The van der Waals surface area contributed by atoms with Crippen molar-refractivity contribution in [3.63, 3.8) is 0 Å². The largest absolute Gasteiger partial charge is 0.487 e. The van der Waals surface area contributed by atoms with Gasteiger partial charge in [-0.05, 0) is 82.4 Å². The fourth-order valence-electron chi connectivity index (χ4n) is 5.79. The number of benzene rings is 2. The first-order valence-electron chi connectivity index (χ1n) is 12.2. The summed E-state index contributed by atoms with van der Waals surface area (Å²) in [6, 6.07) is 15.6. The molecule has 3 aliphatic rings. The van der Waals surface area contributed by atoms with E-state index >= 15 is 0 Å². The van der Waals surface area contributed by atoms with Crippen molar-refractivity contribution < 1.29 is 14.3 Å². The van der Waals surface area contributed by atoms with Crippen LogP contribution >= 0.6 is 11.6 Å². The lowest BCUT2D eigenvalue weighted by Gasteiger charge is -2.42. The molecule has 0 aromatic heterocycles. The third-order valence-corrected chi connectivity index (χ3v) is 7.60. The van der Waals surface area contributed by atoms with Crippen LogP contribution in [-0.2, 0) is 10.3 Å². The van der Waals surface area contributed by atoms with Crippen molar-refractivity contribution in [2.45, 2.75) is 56.6 Å². The van der Waals surface area contributed by atoms with Gasteiger partial charge in [-0.3, -0.25) is 9.69 Å². The summed E-state index contributed by atoms with van der Waals surface area (Å²) >= 11 is 6.25. The second kappa shape index (κ2) is 8.90. The number of fused-ring (bicyclic) bond motifs is 2. The summed E-state index contributed by atoms with van der Waals surface area (Å²) in [4.78, 5) is 30.4. The highest BCUT2D eigenvalue weighted by Gasteiger charge is 2.58. The van der Waals surface area contributed by atoms with Crippen LogP contribution in [0.1, 0.15) is 56.6 Å². The molecule has 1 unspecified atom stereocenters. The van der Waals surface area contributed by atoms with E-state index in [4.69, 9.17) is 16.3 Å². The lowest BCUT2D eigenvalue weighted by molar-refractivity contribution is -0.134. The molecule has 2 aromatic carbocycles. The molecule has 5 rings (SSSR count). The number of rotatable bonds is 5. The zero-order valence-corrected chi connectivity index (χ0v) is 20.6. The first-order valence-corrected chi connectivity index (χ1v) is 12.6. The second-order valence-electron chi connectivity index (χ2n) is 10.4. The molecule has 7 heteroatoms. The minimum atomic E-state index is -1.13. The Hall–Kier alpha value is -2.57. The Morgan fingerprint density at radius 3 is 2.53 bits per heavy atom. The number of nitrogens with zero attached hydrogens (tertiary/aromatic N) is 2. The standard InChI is InChI=1S/C27H32ClN3O3/c1-26(2)18-27(22-17-21(28)9-10-23(22)34-26)24(32)31(25(33)29-27)14-6-13-30-15-11-20(12-16-30)19-7-4-3-5-8-19/h3-5,7-10,17,20H,6,11-16,18H2,1-2H3,(H,29,33). The van der Waals surface area contributed by atoms with Gasteiger partial charge in [-0.25, -0.2) is 4.79 Å². The van der Waals surface area contributed by atoms with Gasteiger partial charge in [-0.15, -0.1) is 0 Å². The number of carbonyl (C=O) groups is 2. The first kappa shape index (κ1) is 23.2. The molecule has 0 bridgehead atoms. The highest BCUT2D eigenvalue weighted by atomic mass is 35.5. The van der Waals surface area contributed by atoms with Gasteiger partial charge in [0.05, 0.1) is 0 Å². The number of piperidine rings is 1. The van der Waals surface area contributed by atoms with Crippen LogP contribution in [0.5, 0.6) is 5.75 Å². The van der Waals surface area contributed by atoms with Crippen LogP contribution in [0.2, 0.25) is 5.02 Å². The van der Waals surface area contributed by atoms with E-state index in [1.807, 2.05) is 13.8 Å². The Kier molecular flexibility index (Phi) is 6.07. The highest BCUT2D eigenvalue weighted by molar-refractivity contribution is 6.30. The summed E-state index contributed by atoms with van der Waals surface area (Å²) in [7, 11) is 0. The van der Waals surface area contributed by atoms with Crippen LogP contribution in [0, 0.1) is 0 Å². The molecule has 1 atom stereocenters. The molecule has 6 nitrogen and oxygen atoms in total. The Morgan fingerprint density at radius 2 is 1.79 bits per heavy atom. The molecular weight excluding hydrogens is 450 g/mol. The number of hydrogen-bond donors (Lipinski definition) is 1. The zero-order valence-electron chi connectivity index (χ0n) is 19.9. The van der Waals surface area contributed by atoms with E-state index in [0.29, 0.717) is 35.2 Å². The molecular formula is C27H32ClN3O3. The van der Waals surface area contributed by atoms with Crippen LogP contribution in [0.3, 0.4) is 0 Å². The number of urea groups is 1. The topological polar surface area (TPSA) is 61.9 Å². The summed E-state index contributed by atoms with van der Waals surface area (Å²) < 4.78 is 6.09. The SMILES string of the molecule is CC1(C)CC2(NC(=O)N(CCCN3CCC(c4ccccc4)CC3)C2=O)c2cc(Cl)ccc2O1. The van der Waals surface area contributed by atoms with Crippen molar-refractivity contribution in [2.24, 2.45) is 0 Å². The minimum absolute atomic E-state index is 0.208. The van der Waals surface area contributed by atoms with Gasteiger partial charge >= 0.3 is 6.03 Å². The van der Waals surface area contributed by atoms with Crippen molar-refractivity contribution in [3.8, 4) is 5.75 Å². The maximum Gasteiger partial charge on any atom is 0.325 e. The van der Waals surface area contributed by atoms with Crippen molar-refractivity contribution in [3.05, 3.63) is 64.7 Å². The third-order valence-electron chi connectivity index (χ3n) is 7.37. The van der Waals surface area contributed by atoms with Crippen LogP contribution in [0.15, 0.2) is 48.5 Å². The van der Waals surface area contributed by atoms with Gasteiger partial charge < -0.3 is 15.0 Å². The number of imide groups is 1. The third kappa shape index (κ3) is 4.29. The quantitative estimate of drug-likeness (QED) is 0.616. The molecule has 0 aliphatic carbocycles. The van der Waals surface area contributed by atoms with Crippen molar-refractivity contribution in [1.29, 1.82) is 0 Å². The smallest absolute Gasteiger partial charge is 0.325 e. The Balaban J connectivity index is 1.22. The number of halogens is 1. The van der Waals surface area contributed by atoms with E-state index < -0.39 is 11.1 Å². The highest BCUT2D eigenvalue weighted by Crippen LogP contribution is 2.47. The van der Waals surface area contributed by atoms with Crippen LogP contribution in [0.25, 0.3) is 0 Å². The summed E-state index contributed by atoms with van der Waals surface area (Å²) in [5, 5.41) is 3.52. The molecule has 0 radical (unpaired) electrons. The Bertz CT molecular complexity index is 1080. The number of amides is 3. The summed E-state index contributed by atoms with van der Waals surface area (Å²) in [5.74, 6) is 1.00. The number of carbonyl (C=O) groups excluding carboxylic acids is 2. The zero-order chi connectivity index (χ0) is 23.9. The summed E-state index contributed by atoms with van der Waals surface area (Å²) in [6.45, 7) is 7.24. The minimum Gasteiger partial charge on any atom is -0.487 e. The van der Waals surface area contributed by atoms with E-state index in [9.17, 15) is 9.59 Å². The number of ether oxygens (including phenoxy) is 1. The maximum atomic E-state index is 13.7. The summed E-state index contributed by atoms with van der Waals surface area (Å²) in [6.07, 6.45) is 3.40. The first-order chi connectivity index (χ1) is 16.3. The van der Waals surface area contributed by atoms with Crippen molar-refractivity contribution in [1.82, 2.24) is 15.1 Å². The predicted molar refractivity (Wildman–Crippen MR) is 132 cm³/mol. The predicted octanol–water partition coefficient (Wildman–Crippen LogP) is 4.92. The molecule has 2 fully saturated rings. The molecule has 1 N–H and O–H groups in total. The van der Waals surface area contributed by atoms with E-state index in [2.05, 4.69) is 40.5 Å². The van der Waals surface area contributed by atoms with Gasteiger partial charge in [0.25, 0.3) is 5.91 Å². The number of nitrogens with one attached hydrogen (secondary N) is 1. The average molecular weight is 482 g/mol. The average Bonchev–Trinajstić information content (AvgIpc) is 3.04. The van der Waals surface area contributed by atoms with E-state index in [0.717, 1.165) is 38.9 Å². The normalized spacial score (nSPS) is 24.7. The molecule has 3 aliphatic heterocycles. The van der Waals surface area contributed by atoms with Crippen molar-refractivity contribution in [2.75, 3.05) is 26.2 Å². The van der Waals surface area contributed by atoms with Gasteiger partial charge in [0, 0.05) is 23.6 Å². The number of likely N-dealkylation sites (tertiary alicyclic amines) is 1. The molecule has 3 amide bonds. The second-order valence-corrected chi connectivity index (χ2v) is 10.8. The van der Waals surface area contributed by atoms with Gasteiger partial charge in [0.2, 0.25) is 0 Å². The Labute approximate surface area is 206 Å². The monoisotopic (exact) mass is 481 g/mol. The van der Waals surface area contributed by atoms with Crippen molar-refractivity contribution >= 4 is 23.5 Å². The molecule has 180 valence electrons. The molecule has 0 saturated carbocycles. The van der Waals surface area contributed by atoms with Gasteiger partial charge in [-0.1, -0.05) is 41.9 Å². The van der Waals surface area contributed by atoms with E-state index in [1.165, 1.54) is 10.5 Å². The fraction of sp³-hybridized carbons (Fsp3) is 0.481. The van der Waals surface area contributed by atoms with E-state index in [-0.39, 0.29) is 11.9 Å². The lowest BCUT2D eigenvalue weighted by atomic mass is 9.77. The molecule has 2 saturated heterocycles. The molecule has 1 spiro atoms. The Morgan fingerprint density at radius 1 is 1.06 bits per heavy atom. The van der Waals surface area contributed by atoms with Crippen LogP contribution < -0.4 is 10.1 Å². The van der Waals surface area contributed by atoms with Crippen LogP contribution in [0.4, 0.5) is 4.79 Å². The van der Waals surface area contributed by atoms with E-state index in [1.54, 1.807) is 18.2 Å².